The zero-order valence-corrected chi connectivity index (χ0v) is 12.5. The van der Waals surface area contributed by atoms with Gasteiger partial charge in [0.2, 0.25) is 0 Å². The first-order chi connectivity index (χ1) is 11.3. The van der Waals surface area contributed by atoms with Crippen LogP contribution in [-0.4, -0.2) is 19.4 Å². The second kappa shape index (κ2) is 5.21. The largest absolute Gasteiger partial charge is 0.319 e. The highest BCUT2D eigenvalue weighted by Gasteiger charge is 2.15. The van der Waals surface area contributed by atoms with Crippen LogP contribution in [0.1, 0.15) is 5.69 Å². The summed E-state index contributed by atoms with van der Waals surface area (Å²) in [6.07, 6.45) is 5.12. The Hall–Kier alpha value is -3.21. The number of aryl methyl sites for hydroxylation is 1. The summed E-state index contributed by atoms with van der Waals surface area (Å²) in [5.41, 5.74) is 4.66. The van der Waals surface area contributed by atoms with E-state index < -0.39 is 0 Å². The van der Waals surface area contributed by atoms with Crippen LogP contribution in [-0.2, 0) is 0 Å². The van der Waals surface area contributed by atoms with Crippen molar-refractivity contribution in [3.63, 3.8) is 0 Å². The molecule has 112 valence electrons. The van der Waals surface area contributed by atoms with Gasteiger partial charge in [-0.2, -0.15) is 0 Å². The Morgan fingerprint density at radius 2 is 1.74 bits per heavy atom. The quantitative estimate of drug-likeness (QED) is 0.619. The molecule has 5 nitrogen and oxygen atoms in total. The van der Waals surface area contributed by atoms with Crippen molar-refractivity contribution in [1.29, 1.82) is 0 Å². The van der Waals surface area contributed by atoms with Gasteiger partial charge in [0.05, 0.1) is 5.69 Å². The highest BCUT2D eigenvalue weighted by atomic mass is 16.1. The molecule has 0 amide bonds. The van der Waals surface area contributed by atoms with Crippen LogP contribution < -0.4 is 5.56 Å². The fourth-order valence-electron chi connectivity index (χ4n) is 2.81. The summed E-state index contributed by atoms with van der Waals surface area (Å²) in [4.78, 5) is 24.1. The molecule has 0 saturated heterocycles. The predicted molar refractivity (Wildman–Crippen MR) is 89.2 cm³/mol. The van der Waals surface area contributed by atoms with Gasteiger partial charge in [0, 0.05) is 29.2 Å². The lowest BCUT2D eigenvalue weighted by Gasteiger charge is -2.08. The molecule has 0 aliphatic rings. The van der Waals surface area contributed by atoms with Crippen molar-refractivity contribution in [2.75, 3.05) is 0 Å². The van der Waals surface area contributed by atoms with E-state index in [0.29, 0.717) is 11.2 Å². The van der Waals surface area contributed by atoms with Crippen LogP contribution in [0.15, 0.2) is 66.0 Å². The number of aromatic nitrogens is 4. The average molecular weight is 302 g/mol. The number of benzene rings is 1. The van der Waals surface area contributed by atoms with Crippen LogP contribution in [0.4, 0.5) is 0 Å². The third-order valence-electron chi connectivity index (χ3n) is 3.96. The highest BCUT2D eigenvalue weighted by Crippen LogP contribution is 2.24. The number of H-pyrrole nitrogens is 1. The van der Waals surface area contributed by atoms with E-state index in [1.165, 1.54) is 0 Å². The van der Waals surface area contributed by atoms with E-state index in [-0.39, 0.29) is 5.56 Å². The molecule has 5 heteroatoms. The summed E-state index contributed by atoms with van der Waals surface area (Å²) < 4.78 is 1.84. The minimum atomic E-state index is -0.154. The van der Waals surface area contributed by atoms with E-state index in [1.54, 1.807) is 18.7 Å². The van der Waals surface area contributed by atoms with Gasteiger partial charge in [0.25, 0.3) is 5.56 Å². The zero-order chi connectivity index (χ0) is 15.8. The van der Waals surface area contributed by atoms with Crippen LogP contribution in [0.3, 0.4) is 0 Å². The molecule has 4 rings (SSSR count). The van der Waals surface area contributed by atoms with Gasteiger partial charge in [-0.15, -0.1) is 0 Å². The topological polar surface area (TPSA) is 63.0 Å². The number of aromatic amines is 1. The first-order valence-electron chi connectivity index (χ1n) is 7.31. The second-order valence-corrected chi connectivity index (χ2v) is 5.33. The van der Waals surface area contributed by atoms with E-state index in [2.05, 4.69) is 15.0 Å². The van der Waals surface area contributed by atoms with Crippen molar-refractivity contribution in [1.82, 2.24) is 19.4 Å². The molecule has 0 atom stereocenters. The molecule has 3 heterocycles. The molecule has 0 saturated carbocycles. The van der Waals surface area contributed by atoms with Crippen molar-refractivity contribution >= 4 is 5.52 Å². The molecule has 1 aromatic carbocycles. The number of rotatable bonds is 2. The number of nitrogens with zero attached hydrogens (tertiary/aromatic N) is 3. The molecule has 0 spiro atoms. The van der Waals surface area contributed by atoms with Gasteiger partial charge in [-0.25, -0.2) is 4.98 Å². The molecule has 0 unspecified atom stereocenters. The SMILES string of the molecule is Cc1c(-c2ccncc2)[nH]c(=O)c2c(-c3ccccc3)ncn12. The first kappa shape index (κ1) is 13.5. The molecular weight excluding hydrogens is 288 g/mol. The maximum absolute atomic E-state index is 12.6. The molecular formula is C18H14N4O. The van der Waals surface area contributed by atoms with Crippen LogP contribution in [0, 0.1) is 6.92 Å². The van der Waals surface area contributed by atoms with Crippen LogP contribution in [0.5, 0.6) is 0 Å². The van der Waals surface area contributed by atoms with Gasteiger partial charge < -0.3 is 4.98 Å². The molecule has 0 fully saturated rings. The number of nitrogens with one attached hydrogen (secondary N) is 1. The summed E-state index contributed by atoms with van der Waals surface area (Å²) >= 11 is 0. The minimum absolute atomic E-state index is 0.154. The Labute approximate surface area is 132 Å². The van der Waals surface area contributed by atoms with Gasteiger partial charge >= 0.3 is 0 Å². The van der Waals surface area contributed by atoms with Crippen molar-refractivity contribution in [2.24, 2.45) is 0 Å². The van der Waals surface area contributed by atoms with E-state index in [4.69, 9.17) is 0 Å². The van der Waals surface area contributed by atoms with Gasteiger partial charge in [-0.3, -0.25) is 14.2 Å². The summed E-state index contributed by atoms with van der Waals surface area (Å²) in [6.45, 7) is 1.97. The van der Waals surface area contributed by atoms with Crippen molar-refractivity contribution in [3.8, 4) is 22.5 Å². The smallest absolute Gasteiger partial charge is 0.275 e. The number of imidazole rings is 1. The van der Waals surface area contributed by atoms with Gasteiger partial charge in [-0.05, 0) is 19.1 Å². The molecule has 0 aliphatic heterocycles. The van der Waals surface area contributed by atoms with Gasteiger partial charge in [-0.1, -0.05) is 30.3 Å². The maximum atomic E-state index is 12.6. The lowest BCUT2D eigenvalue weighted by molar-refractivity contribution is 1.02. The van der Waals surface area contributed by atoms with E-state index >= 15 is 0 Å². The van der Waals surface area contributed by atoms with Crippen LogP contribution in [0.25, 0.3) is 28.0 Å². The second-order valence-electron chi connectivity index (χ2n) is 5.33. The fourth-order valence-corrected chi connectivity index (χ4v) is 2.81. The Bertz CT molecular complexity index is 1030. The van der Waals surface area contributed by atoms with Crippen molar-refractivity contribution in [3.05, 3.63) is 77.2 Å². The monoisotopic (exact) mass is 302 g/mol. The number of fused-ring (bicyclic) bond motifs is 1. The number of pyridine rings is 1. The van der Waals surface area contributed by atoms with Crippen molar-refractivity contribution < 1.29 is 0 Å². The predicted octanol–water partition coefficient (Wildman–Crippen LogP) is 3.06. The molecule has 0 bridgehead atoms. The zero-order valence-electron chi connectivity index (χ0n) is 12.5. The Kier molecular flexibility index (Phi) is 3.05. The summed E-state index contributed by atoms with van der Waals surface area (Å²) in [7, 11) is 0. The average Bonchev–Trinajstić information content (AvgIpc) is 3.06. The molecule has 0 radical (unpaired) electrons. The van der Waals surface area contributed by atoms with E-state index in [9.17, 15) is 4.79 Å². The summed E-state index contributed by atoms with van der Waals surface area (Å²) in [5, 5.41) is 0. The highest BCUT2D eigenvalue weighted by molar-refractivity contribution is 5.78. The number of hydrogen-bond donors (Lipinski definition) is 1. The maximum Gasteiger partial charge on any atom is 0.275 e. The Morgan fingerprint density at radius 1 is 1.00 bits per heavy atom. The van der Waals surface area contributed by atoms with Crippen LogP contribution in [0.2, 0.25) is 0 Å². The summed E-state index contributed by atoms with van der Waals surface area (Å²) in [5.74, 6) is 0. The molecule has 1 N–H and O–H groups in total. The molecule has 3 aromatic heterocycles. The Balaban J connectivity index is 2.01. The fraction of sp³-hybridized carbons (Fsp3) is 0.0556. The lowest BCUT2D eigenvalue weighted by Crippen LogP contribution is -2.13. The molecule has 23 heavy (non-hydrogen) atoms. The third-order valence-corrected chi connectivity index (χ3v) is 3.96. The van der Waals surface area contributed by atoms with Crippen molar-refractivity contribution in [2.45, 2.75) is 6.92 Å². The first-order valence-corrected chi connectivity index (χ1v) is 7.31. The number of hydrogen-bond acceptors (Lipinski definition) is 3. The standard InChI is InChI=1S/C18H14N4O/c1-12-15(14-7-9-19-10-8-14)21-18(23)17-16(20-11-22(12)17)13-5-3-2-4-6-13/h2-11H,1H3,(H,21,23). The lowest BCUT2D eigenvalue weighted by atomic mass is 10.1. The molecule has 4 aromatic rings. The van der Waals surface area contributed by atoms with E-state index in [0.717, 1.165) is 22.5 Å². The van der Waals surface area contributed by atoms with Gasteiger partial charge in [0.1, 0.15) is 17.5 Å². The Morgan fingerprint density at radius 3 is 2.48 bits per heavy atom. The minimum Gasteiger partial charge on any atom is -0.319 e. The normalized spacial score (nSPS) is 11.0. The van der Waals surface area contributed by atoms with E-state index in [1.807, 2.05) is 53.8 Å². The third kappa shape index (κ3) is 2.14. The van der Waals surface area contributed by atoms with Crippen LogP contribution >= 0.6 is 0 Å². The molecule has 0 aliphatic carbocycles. The van der Waals surface area contributed by atoms with Gasteiger partial charge in [0.15, 0.2) is 0 Å². The summed E-state index contributed by atoms with van der Waals surface area (Å²) in [6, 6.07) is 13.5.